The summed E-state index contributed by atoms with van der Waals surface area (Å²) < 4.78 is 0. The largest absolute Gasteiger partial charge is 0.478 e. The molecule has 0 aromatic heterocycles. The monoisotopic (exact) mass is 142 g/mol. The summed E-state index contributed by atoms with van der Waals surface area (Å²) in [5.74, 6) is -0.967. The van der Waals surface area contributed by atoms with Gasteiger partial charge in [-0.2, -0.15) is 5.10 Å². The number of aliphatic carboxylic acids is 1. The number of allylic oxidation sites excluding steroid dienone is 1. The van der Waals surface area contributed by atoms with Crippen LogP contribution in [0.3, 0.4) is 0 Å². The summed E-state index contributed by atoms with van der Waals surface area (Å²) in [5, 5.41) is 13.4. The molecule has 0 saturated carbocycles. The quantitative estimate of drug-likeness (QED) is 0.347. The molecule has 4 nitrogen and oxygen atoms in total. The van der Waals surface area contributed by atoms with Crippen LogP contribution in [0.1, 0.15) is 0 Å². The first-order chi connectivity index (χ1) is 4.63. The van der Waals surface area contributed by atoms with Gasteiger partial charge in [-0.05, 0) is 6.08 Å². The van der Waals surface area contributed by atoms with E-state index in [0.29, 0.717) is 0 Å². The molecule has 0 bridgehead atoms. The van der Waals surface area contributed by atoms with Crippen LogP contribution in [-0.2, 0) is 4.79 Å². The molecular formula is C6H10N2O2. The minimum absolute atomic E-state index is 0.967. The van der Waals surface area contributed by atoms with Crippen molar-refractivity contribution in [3.05, 3.63) is 12.2 Å². The van der Waals surface area contributed by atoms with E-state index in [0.717, 1.165) is 6.08 Å². The highest BCUT2D eigenvalue weighted by atomic mass is 16.4. The van der Waals surface area contributed by atoms with Crippen molar-refractivity contribution in [1.82, 2.24) is 5.01 Å². The van der Waals surface area contributed by atoms with Crippen LogP contribution in [0.5, 0.6) is 0 Å². The van der Waals surface area contributed by atoms with Gasteiger partial charge in [0, 0.05) is 26.4 Å². The maximum absolute atomic E-state index is 9.88. The van der Waals surface area contributed by atoms with E-state index in [4.69, 9.17) is 5.11 Å². The summed E-state index contributed by atoms with van der Waals surface area (Å²) in [6, 6.07) is 0. The van der Waals surface area contributed by atoms with E-state index in [1.165, 1.54) is 12.3 Å². The fraction of sp³-hybridized carbons (Fsp3) is 0.333. The minimum atomic E-state index is -0.967. The van der Waals surface area contributed by atoms with E-state index in [1.807, 2.05) is 0 Å². The molecule has 0 aromatic rings. The van der Waals surface area contributed by atoms with Crippen molar-refractivity contribution in [3.63, 3.8) is 0 Å². The molecule has 0 heterocycles. The maximum Gasteiger partial charge on any atom is 0.328 e. The standard InChI is InChI=1S/C6H10N2O2/c1-8(2)7-5-3-4-6(9)10/h3-5H,1-2H3,(H,9,10). The first-order valence-electron chi connectivity index (χ1n) is 2.74. The Morgan fingerprint density at radius 2 is 2.20 bits per heavy atom. The highest BCUT2D eigenvalue weighted by molar-refractivity contribution is 5.86. The molecule has 0 aromatic carbocycles. The first kappa shape index (κ1) is 8.68. The Kier molecular flexibility index (Phi) is 3.95. The summed E-state index contributed by atoms with van der Waals surface area (Å²) in [4.78, 5) is 9.88. The van der Waals surface area contributed by atoms with Crippen LogP contribution < -0.4 is 0 Å². The fourth-order valence-electron chi connectivity index (χ4n) is 0.297. The van der Waals surface area contributed by atoms with Gasteiger partial charge in [0.2, 0.25) is 0 Å². The zero-order valence-corrected chi connectivity index (χ0v) is 5.98. The average molecular weight is 142 g/mol. The highest BCUT2D eigenvalue weighted by Crippen LogP contribution is 1.73. The Bertz CT molecular complexity index is 161. The summed E-state index contributed by atoms with van der Waals surface area (Å²) in [6.07, 6.45) is 3.80. The Morgan fingerprint density at radius 3 is 2.60 bits per heavy atom. The molecule has 0 rings (SSSR count). The fourth-order valence-corrected chi connectivity index (χ4v) is 0.297. The summed E-state index contributed by atoms with van der Waals surface area (Å²) in [7, 11) is 3.51. The molecule has 4 heteroatoms. The first-order valence-corrected chi connectivity index (χ1v) is 2.74. The lowest BCUT2D eigenvalue weighted by atomic mass is 10.5. The van der Waals surface area contributed by atoms with E-state index in [1.54, 1.807) is 19.1 Å². The number of carboxylic acids is 1. The maximum atomic E-state index is 9.88. The van der Waals surface area contributed by atoms with E-state index < -0.39 is 5.97 Å². The van der Waals surface area contributed by atoms with Crippen molar-refractivity contribution in [1.29, 1.82) is 0 Å². The van der Waals surface area contributed by atoms with Crippen LogP contribution in [0.2, 0.25) is 0 Å². The van der Waals surface area contributed by atoms with Gasteiger partial charge in [0.25, 0.3) is 0 Å². The van der Waals surface area contributed by atoms with Gasteiger partial charge in [0.05, 0.1) is 0 Å². The van der Waals surface area contributed by atoms with Crippen molar-refractivity contribution in [2.45, 2.75) is 0 Å². The van der Waals surface area contributed by atoms with Crippen LogP contribution in [0.4, 0.5) is 0 Å². The Hall–Kier alpha value is -1.32. The van der Waals surface area contributed by atoms with Crippen molar-refractivity contribution in [3.8, 4) is 0 Å². The summed E-state index contributed by atoms with van der Waals surface area (Å²) in [5.41, 5.74) is 0. The van der Waals surface area contributed by atoms with Crippen LogP contribution in [-0.4, -0.2) is 36.4 Å². The van der Waals surface area contributed by atoms with Gasteiger partial charge >= 0.3 is 5.97 Å². The molecule has 0 spiro atoms. The predicted molar refractivity (Wildman–Crippen MR) is 39.0 cm³/mol. The molecule has 0 aliphatic carbocycles. The molecule has 1 N–H and O–H groups in total. The van der Waals surface area contributed by atoms with Gasteiger partial charge in [-0.3, -0.25) is 0 Å². The van der Waals surface area contributed by atoms with Crippen LogP contribution in [0.15, 0.2) is 17.3 Å². The third kappa shape index (κ3) is 6.68. The van der Waals surface area contributed by atoms with Crippen molar-refractivity contribution in [2.75, 3.05) is 14.1 Å². The molecule has 0 atom stereocenters. The third-order valence-electron chi connectivity index (χ3n) is 0.622. The van der Waals surface area contributed by atoms with Gasteiger partial charge < -0.3 is 10.1 Å². The normalized spacial score (nSPS) is 11.0. The topological polar surface area (TPSA) is 52.9 Å². The number of hydrogen-bond donors (Lipinski definition) is 1. The van der Waals surface area contributed by atoms with Gasteiger partial charge in [-0.25, -0.2) is 4.79 Å². The van der Waals surface area contributed by atoms with Crippen molar-refractivity contribution >= 4 is 12.2 Å². The van der Waals surface area contributed by atoms with E-state index in [-0.39, 0.29) is 0 Å². The van der Waals surface area contributed by atoms with Crippen molar-refractivity contribution in [2.24, 2.45) is 5.10 Å². The van der Waals surface area contributed by atoms with Gasteiger partial charge in [0.15, 0.2) is 0 Å². The highest BCUT2D eigenvalue weighted by Gasteiger charge is 1.80. The second-order valence-corrected chi connectivity index (χ2v) is 1.81. The molecule has 0 aliphatic rings. The number of carbonyl (C=O) groups is 1. The molecule has 10 heavy (non-hydrogen) atoms. The van der Waals surface area contributed by atoms with E-state index in [9.17, 15) is 4.79 Å². The number of hydrogen-bond acceptors (Lipinski definition) is 3. The molecule has 0 amide bonds. The zero-order chi connectivity index (χ0) is 7.98. The van der Waals surface area contributed by atoms with Gasteiger partial charge in [-0.15, -0.1) is 0 Å². The molecule has 0 fully saturated rings. The predicted octanol–water partition coefficient (Wildman–Crippen LogP) is 0.175. The molecule has 0 saturated heterocycles. The van der Waals surface area contributed by atoms with Crippen LogP contribution in [0, 0.1) is 0 Å². The van der Waals surface area contributed by atoms with Gasteiger partial charge in [-0.1, -0.05) is 0 Å². The number of hydrazone groups is 1. The van der Waals surface area contributed by atoms with Gasteiger partial charge in [0.1, 0.15) is 0 Å². The van der Waals surface area contributed by atoms with E-state index >= 15 is 0 Å². The Morgan fingerprint density at radius 1 is 1.60 bits per heavy atom. The summed E-state index contributed by atoms with van der Waals surface area (Å²) in [6.45, 7) is 0. The lowest BCUT2D eigenvalue weighted by Gasteiger charge is -1.99. The molecule has 0 unspecified atom stereocenters. The Balaban J connectivity index is 3.62. The number of rotatable bonds is 3. The molecule has 56 valence electrons. The number of carboxylic acid groups (broad SMARTS) is 1. The lowest BCUT2D eigenvalue weighted by molar-refractivity contribution is -0.131. The molecular weight excluding hydrogens is 132 g/mol. The van der Waals surface area contributed by atoms with Crippen LogP contribution in [0.25, 0.3) is 0 Å². The summed E-state index contributed by atoms with van der Waals surface area (Å²) >= 11 is 0. The number of nitrogens with zero attached hydrogens (tertiary/aromatic N) is 2. The second-order valence-electron chi connectivity index (χ2n) is 1.81. The smallest absolute Gasteiger partial charge is 0.328 e. The minimum Gasteiger partial charge on any atom is -0.478 e. The average Bonchev–Trinajstić information content (AvgIpc) is 1.79. The van der Waals surface area contributed by atoms with E-state index in [2.05, 4.69) is 5.10 Å². The second kappa shape index (κ2) is 4.55. The van der Waals surface area contributed by atoms with Crippen molar-refractivity contribution < 1.29 is 9.90 Å². The van der Waals surface area contributed by atoms with Crippen LogP contribution >= 0.6 is 0 Å². The Labute approximate surface area is 59.5 Å². The zero-order valence-electron chi connectivity index (χ0n) is 5.98. The lowest BCUT2D eigenvalue weighted by Crippen LogP contribution is -2.00. The SMILES string of the molecule is CN(C)N=CC=CC(=O)O. The molecule has 0 aliphatic heterocycles. The third-order valence-corrected chi connectivity index (χ3v) is 0.622. The molecule has 0 radical (unpaired) electrons.